The second-order valence-corrected chi connectivity index (χ2v) is 9.30. The molecule has 0 aliphatic carbocycles. The molecule has 0 amide bonds. The molecule has 1 N–H and O–H groups in total. The highest BCUT2D eigenvalue weighted by molar-refractivity contribution is 7.89. The van der Waals surface area contributed by atoms with E-state index >= 15 is 0 Å². The molecule has 0 saturated carbocycles. The fourth-order valence-electron chi connectivity index (χ4n) is 3.81. The Balaban J connectivity index is 1.49. The lowest BCUT2D eigenvalue weighted by atomic mass is 10.3. The van der Waals surface area contributed by atoms with E-state index in [-0.39, 0.29) is 4.90 Å². The van der Waals surface area contributed by atoms with Crippen molar-refractivity contribution >= 4 is 21.8 Å². The molecule has 2 aromatic heterocycles. The highest BCUT2D eigenvalue weighted by atomic mass is 32.2. The van der Waals surface area contributed by atoms with Crippen LogP contribution in [0.3, 0.4) is 0 Å². The Morgan fingerprint density at radius 3 is 2.28 bits per heavy atom. The number of sulfonamides is 1. The number of hydrogen-bond acceptors (Lipinski definition) is 8. The summed E-state index contributed by atoms with van der Waals surface area (Å²) < 4.78 is 33.0. The van der Waals surface area contributed by atoms with Gasteiger partial charge in [0.15, 0.2) is 0 Å². The zero-order valence-electron chi connectivity index (χ0n) is 17.1. The van der Waals surface area contributed by atoms with Crippen LogP contribution >= 0.6 is 0 Å². The number of ether oxygens (including phenoxy) is 1. The van der Waals surface area contributed by atoms with Gasteiger partial charge in [-0.3, -0.25) is 5.10 Å². The van der Waals surface area contributed by atoms with E-state index in [4.69, 9.17) is 9.72 Å². The first kappa shape index (κ1) is 20.0. The first-order chi connectivity index (χ1) is 13.9. The maximum atomic E-state index is 13.0. The van der Waals surface area contributed by atoms with Crippen molar-refractivity contribution < 1.29 is 13.2 Å². The smallest absolute Gasteiger partial charge is 0.246 e. The maximum absolute atomic E-state index is 13.0. The molecule has 4 rings (SSSR count). The molecule has 0 unspecified atom stereocenters. The number of piperazine rings is 1. The molecule has 0 bridgehead atoms. The second-order valence-electron chi connectivity index (χ2n) is 7.42. The Kier molecular flexibility index (Phi) is 5.45. The van der Waals surface area contributed by atoms with Crippen molar-refractivity contribution in [2.75, 3.05) is 62.3 Å². The Labute approximate surface area is 170 Å². The van der Waals surface area contributed by atoms with Crippen LogP contribution in [0.4, 0.5) is 11.8 Å². The molecule has 158 valence electrons. The number of morpholine rings is 1. The molecule has 0 radical (unpaired) electrons. The van der Waals surface area contributed by atoms with Gasteiger partial charge >= 0.3 is 0 Å². The molecule has 2 aliphatic rings. The first-order valence-corrected chi connectivity index (χ1v) is 11.3. The van der Waals surface area contributed by atoms with Crippen molar-refractivity contribution in [3.8, 4) is 0 Å². The van der Waals surface area contributed by atoms with Crippen LogP contribution in [-0.2, 0) is 14.8 Å². The minimum atomic E-state index is -3.57. The van der Waals surface area contributed by atoms with Crippen molar-refractivity contribution in [3.63, 3.8) is 0 Å². The monoisotopic (exact) mass is 421 g/mol. The molecule has 2 fully saturated rings. The molecule has 4 heterocycles. The van der Waals surface area contributed by atoms with Gasteiger partial charge in [0.25, 0.3) is 0 Å². The van der Waals surface area contributed by atoms with Crippen molar-refractivity contribution in [2.24, 2.45) is 0 Å². The van der Waals surface area contributed by atoms with E-state index in [0.29, 0.717) is 56.7 Å². The molecule has 2 aromatic rings. The van der Waals surface area contributed by atoms with Crippen molar-refractivity contribution in [1.82, 2.24) is 24.5 Å². The van der Waals surface area contributed by atoms with Gasteiger partial charge in [0, 0.05) is 51.0 Å². The van der Waals surface area contributed by atoms with Crippen LogP contribution in [-0.4, -0.2) is 85.4 Å². The van der Waals surface area contributed by atoms with Gasteiger partial charge in [0.05, 0.1) is 24.6 Å². The summed E-state index contributed by atoms with van der Waals surface area (Å²) in [5.74, 6) is 1.55. The van der Waals surface area contributed by atoms with E-state index in [1.165, 1.54) is 4.31 Å². The quantitative estimate of drug-likeness (QED) is 0.759. The summed E-state index contributed by atoms with van der Waals surface area (Å²) in [6, 6.07) is 1.99. The Hall–Kier alpha value is -2.24. The number of anilines is 2. The van der Waals surface area contributed by atoms with E-state index in [9.17, 15) is 8.42 Å². The average Bonchev–Trinajstić information content (AvgIpc) is 3.07. The van der Waals surface area contributed by atoms with Gasteiger partial charge in [0.2, 0.25) is 16.0 Å². The van der Waals surface area contributed by atoms with E-state index in [1.807, 2.05) is 13.0 Å². The van der Waals surface area contributed by atoms with Crippen LogP contribution in [0, 0.1) is 20.8 Å². The standard InChI is InChI=1S/C18H27N7O3S/c1-13-12-16(23-8-10-28-11-9-23)20-18(19-13)24-4-6-25(7-5-24)29(26,27)17-14(2)21-22-15(17)3/h12H,4-11H2,1-3H3,(H,21,22). The molecule has 29 heavy (non-hydrogen) atoms. The summed E-state index contributed by atoms with van der Waals surface area (Å²) in [6.07, 6.45) is 0. The molecule has 0 atom stereocenters. The number of hydrogen-bond donors (Lipinski definition) is 1. The third-order valence-electron chi connectivity index (χ3n) is 5.34. The molecule has 0 spiro atoms. The zero-order chi connectivity index (χ0) is 20.6. The van der Waals surface area contributed by atoms with Gasteiger partial charge in [-0.15, -0.1) is 0 Å². The zero-order valence-corrected chi connectivity index (χ0v) is 17.9. The molecular weight excluding hydrogens is 394 g/mol. The highest BCUT2D eigenvalue weighted by Crippen LogP contribution is 2.24. The largest absolute Gasteiger partial charge is 0.378 e. The number of aromatic nitrogens is 4. The lowest BCUT2D eigenvalue weighted by molar-refractivity contribution is 0.122. The minimum Gasteiger partial charge on any atom is -0.378 e. The number of aryl methyl sites for hydroxylation is 3. The van der Waals surface area contributed by atoms with E-state index in [2.05, 4.69) is 25.0 Å². The molecule has 0 aromatic carbocycles. The van der Waals surface area contributed by atoms with E-state index in [0.717, 1.165) is 24.6 Å². The van der Waals surface area contributed by atoms with Crippen LogP contribution in [0.25, 0.3) is 0 Å². The minimum absolute atomic E-state index is 0.285. The summed E-state index contributed by atoms with van der Waals surface area (Å²) in [4.78, 5) is 13.9. The molecule has 10 nitrogen and oxygen atoms in total. The third-order valence-corrected chi connectivity index (χ3v) is 7.51. The number of nitrogens with one attached hydrogen (secondary N) is 1. The predicted octanol–water partition coefficient (Wildman–Crippen LogP) is 0.472. The summed E-state index contributed by atoms with van der Waals surface area (Å²) in [6.45, 7) is 10.3. The normalized spacial score (nSPS) is 19.0. The van der Waals surface area contributed by atoms with Gasteiger partial charge in [-0.05, 0) is 20.8 Å². The molecule has 11 heteroatoms. The number of rotatable bonds is 4. The number of aromatic amines is 1. The van der Waals surface area contributed by atoms with Crippen molar-refractivity contribution in [3.05, 3.63) is 23.1 Å². The second kappa shape index (κ2) is 7.88. The number of nitrogens with zero attached hydrogens (tertiary/aromatic N) is 6. The van der Waals surface area contributed by atoms with Crippen LogP contribution in [0.2, 0.25) is 0 Å². The summed E-state index contributed by atoms with van der Waals surface area (Å²) in [5, 5.41) is 6.79. The summed E-state index contributed by atoms with van der Waals surface area (Å²) in [5.41, 5.74) is 1.97. The Morgan fingerprint density at radius 1 is 0.966 bits per heavy atom. The average molecular weight is 422 g/mol. The predicted molar refractivity (Wildman–Crippen MR) is 109 cm³/mol. The molecule has 2 saturated heterocycles. The summed E-state index contributed by atoms with van der Waals surface area (Å²) >= 11 is 0. The topological polar surface area (TPSA) is 108 Å². The lowest BCUT2D eigenvalue weighted by Gasteiger charge is -2.35. The van der Waals surface area contributed by atoms with Gasteiger partial charge in [-0.25, -0.2) is 13.4 Å². The maximum Gasteiger partial charge on any atom is 0.246 e. The van der Waals surface area contributed by atoms with Gasteiger partial charge in [-0.2, -0.15) is 14.4 Å². The van der Waals surface area contributed by atoms with E-state index < -0.39 is 10.0 Å². The Bertz CT molecular complexity index is 958. The fourth-order valence-corrected chi connectivity index (χ4v) is 5.56. The van der Waals surface area contributed by atoms with Crippen molar-refractivity contribution in [2.45, 2.75) is 25.7 Å². The van der Waals surface area contributed by atoms with Gasteiger partial charge in [0.1, 0.15) is 10.7 Å². The van der Waals surface area contributed by atoms with Gasteiger partial charge < -0.3 is 14.5 Å². The van der Waals surface area contributed by atoms with Crippen LogP contribution < -0.4 is 9.80 Å². The van der Waals surface area contributed by atoms with E-state index in [1.54, 1.807) is 13.8 Å². The van der Waals surface area contributed by atoms with Gasteiger partial charge in [-0.1, -0.05) is 0 Å². The van der Waals surface area contributed by atoms with Crippen molar-refractivity contribution in [1.29, 1.82) is 0 Å². The fraction of sp³-hybridized carbons (Fsp3) is 0.611. The molecular formula is C18H27N7O3S. The van der Waals surface area contributed by atoms with Crippen LogP contribution in [0.15, 0.2) is 11.0 Å². The Morgan fingerprint density at radius 2 is 1.66 bits per heavy atom. The highest BCUT2D eigenvalue weighted by Gasteiger charge is 2.33. The summed E-state index contributed by atoms with van der Waals surface area (Å²) in [7, 11) is -3.57. The third kappa shape index (κ3) is 3.94. The SMILES string of the molecule is Cc1cc(N2CCOCC2)nc(N2CCN(S(=O)(=O)c3c(C)n[nH]c3C)CC2)n1. The molecule has 2 aliphatic heterocycles. The number of H-pyrrole nitrogens is 1. The lowest BCUT2D eigenvalue weighted by Crippen LogP contribution is -2.49. The first-order valence-electron chi connectivity index (χ1n) is 9.81. The van der Waals surface area contributed by atoms with Crippen LogP contribution in [0.5, 0.6) is 0 Å². The van der Waals surface area contributed by atoms with Crippen LogP contribution in [0.1, 0.15) is 17.1 Å².